The summed E-state index contributed by atoms with van der Waals surface area (Å²) in [6, 6.07) is -0.959. The average molecular weight is 250 g/mol. The zero-order valence-corrected chi connectivity index (χ0v) is 11.6. The maximum Gasteiger partial charge on any atom is 1.00 e. The summed E-state index contributed by atoms with van der Waals surface area (Å²) in [6.07, 6.45) is 3.26. The molecule has 1 amide bonds. The van der Waals surface area contributed by atoms with Gasteiger partial charge in [0.25, 0.3) is 0 Å². The van der Waals surface area contributed by atoms with Crippen molar-refractivity contribution in [1.82, 2.24) is 15.3 Å². The van der Waals surface area contributed by atoms with Gasteiger partial charge in [0.1, 0.15) is 6.04 Å². The third-order valence-corrected chi connectivity index (χ3v) is 1.98. The van der Waals surface area contributed by atoms with Crippen molar-refractivity contribution < 1.29 is 45.7 Å². The molecule has 1 heterocycles. The van der Waals surface area contributed by atoms with E-state index >= 15 is 0 Å². The van der Waals surface area contributed by atoms with Crippen molar-refractivity contribution >= 4 is 11.9 Å². The molecule has 0 unspecified atom stereocenters. The van der Waals surface area contributed by atoms with Crippen molar-refractivity contribution in [2.45, 2.75) is 18.9 Å². The van der Waals surface area contributed by atoms with Gasteiger partial charge >= 0.3 is 35.5 Å². The summed E-state index contributed by atoms with van der Waals surface area (Å²) in [6.45, 7) is 0.197. The van der Waals surface area contributed by atoms with Gasteiger partial charge in [0.2, 0.25) is 5.91 Å². The molecule has 0 aliphatic rings. The molecule has 90 valence electrons. The Balaban J connectivity index is 0. The van der Waals surface area contributed by atoms with Crippen molar-refractivity contribution in [2.75, 3.05) is 6.54 Å². The molecule has 5 N–H and O–H groups in total. The number of carbonyl (C=O) groups excluding carboxylic acids is 1. The van der Waals surface area contributed by atoms with Crippen LogP contribution in [0.15, 0.2) is 12.5 Å². The van der Waals surface area contributed by atoms with Crippen LogP contribution in [0.3, 0.4) is 0 Å². The van der Waals surface area contributed by atoms with E-state index in [-0.39, 0.29) is 56.3 Å². The monoisotopic (exact) mass is 250 g/mol. The third-order valence-electron chi connectivity index (χ3n) is 1.98. The summed E-state index contributed by atoms with van der Waals surface area (Å²) in [5, 5.41) is 11.3. The number of hydrogen-bond acceptors (Lipinski definition) is 4. The molecule has 1 aromatic heterocycles. The van der Waals surface area contributed by atoms with Crippen LogP contribution in [-0.4, -0.2) is 39.5 Å². The molecular formula is C9H15N4NaO3. The van der Waals surface area contributed by atoms with E-state index in [4.69, 9.17) is 10.8 Å². The second-order valence-corrected chi connectivity index (χ2v) is 3.28. The molecule has 0 aliphatic carbocycles. The largest absolute Gasteiger partial charge is 1.00 e. The first-order chi connectivity index (χ1) is 7.63. The van der Waals surface area contributed by atoms with E-state index in [2.05, 4.69) is 15.3 Å². The number of hydrogen-bond donors (Lipinski definition) is 4. The van der Waals surface area contributed by atoms with Crippen LogP contribution >= 0.6 is 0 Å². The number of nitrogens with one attached hydrogen (secondary N) is 2. The Kier molecular flexibility index (Phi) is 7.81. The van der Waals surface area contributed by atoms with Gasteiger partial charge in [-0.25, -0.2) is 9.78 Å². The molecule has 0 saturated heterocycles. The van der Waals surface area contributed by atoms with E-state index in [9.17, 15) is 9.59 Å². The van der Waals surface area contributed by atoms with E-state index in [1.807, 2.05) is 0 Å². The van der Waals surface area contributed by atoms with E-state index in [0.29, 0.717) is 5.69 Å². The molecule has 0 aliphatic heterocycles. The Hall–Kier alpha value is -0.890. The number of nitrogens with two attached hydrogens (primary N) is 1. The first-order valence-electron chi connectivity index (χ1n) is 4.83. The summed E-state index contributed by atoms with van der Waals surface area (Å²) < 4.78 is 0. The number of carboxylic acids is 1. The molecule has 1 aromatic rings. The first kappa shape index (κ1) is 16.1. The zero-order valence-electron chi connectivity index (χ0n) is 10.6. The van der Waals surface area contributed by atoms with Crippen molar-refractivity contribution in [1.29, 1.82) is 0 Å². The van der Waals surface area contributed by atoms with Crippen molar-refractivity contribution in [2.24, 2.45) is 5.73 Å². The van der Waals surface area contributed by atoms with Gasteiger partial charge in [0.15, 0.2) is 0 Å². The van der Waals surface area contributed by atoms with Gasteiger partial charge in [-0.1, -0.05) is 0 Å². The number of imidazole rings is 1. The molecule has 0 saturated carbocycles. The van der Waals surface area contributed by atoms with Crippen LogP contribution in [0.1, 0.15) is 13.5 Å². The van der Waals surface area contributed by atoms with E-state index in [0.717, 1.165) is 0 Å². The quantitative estimate of drug-likeness (QED) is 0.383. The molecule has 0 fully saturated rings. The second kappa shape index (κ2) is 8.24. The van der Waals surface area contributed by atoms with Crippen molar-refractivity contribution in [3.05, 3.63) is 18.2 Å². The minimum atomic E-state index is -1.08. The Morgan fingerprint density at radius 1 is 1.65 bits per heavy atom. The van der Waals surface area contributed by atoms with Crippen LogP contribution in [0.25, 0.3) is 0 Å². The maximum atomic E-state index is 11.2. The fraction of sp³-hybridized carbons (Fsp3) is 0.444. The third kappa shape index (κ3) is 5.83. The second-order valence-electron chi connectivity index (χ2n) is 3.28. The van der Waals surface area contributed by atoms with Crippen molar-refractivity contribution in [3.8, 4) is 0 Å². The maximum absolute atomic E-state index is 11.2. The Labute approximate surface area is 122 Å². The van der Waals surface area contributed by atoms with Crippen LogP contribution < -0.4 is 40.6 Å². The van der Waals surface area contributed by atoms with E-state index < -0.39 is 12.0 Å². The van der Waals surface area contributed by atoms with Crippen LogP contribution in [0.5, 0.6) is 0 Å². The number of aromatic amines is 1. The van der Waals surface area contributed by atoms with Crippen LogP contribution in [0.4, 0.5) is 0 Å². The molecule has 1 atom stereocenters. The number of rotatable bonds is 6. The number of carbonyl (C=O) groups is 2. The normalized spacial score (nSPS) is 11.4. The molecule has 7 nitrogen and oxygen atoms in total. The molecule has 0 spiro atoms. The minimum Gasteiger partial charge on any atom is -1.00 e. The van der Waals surface area contributed by atoms with Gasteiger partial charge < -0.3 is 22.6 Å². The van der Waals surface area contributed by atoms with Gasteiger partial charge in [0, 0.05) is 31.3 Å². The summed E-state index contributed by atoms with van der Waals surface area (Å²) >= 11 is 0. The van der Waals surface area contributed by atoms with E-state index in [1.54, 1.807) is 0 Å². The molecule has 1 rings (SSSR count). The molecule has 8 heteroatoms. The standard InChI is InChI=1S/C9H14N4O3.Na.H/c10-2-1-8(14)13-7(9(15)16)3-6-4-11-5-12-6;;/h4-5,7H,1-3,10H2,(H,11,12)(H,13,14)(H,15,16);;/q;+1;-1/t7-;;/m0../s1. The zero-order chi connectivity index (χ0) is 12.0. The molecule has 17 heavy (non-hydrogen) atoms. The Morgan fingerprint density at radius 3 is 2.82 bits per heavy atom. The summed E-state index contributed by atoms with van der Waals surface area (Å²) in [5.41, 5.74) is 5.85. The summed E-state index contributed by atoms with van der Waals surface area (Å²) in [7, 11) is 0. The van der Waals surface area contributed by atoms with Crippen LogP contribution in [0, 0.1) is 0 Å². The number of H-pyrrole nitrogens is 1. The number of amides is 1. The Morgan fingerprint density at radius 2 is 2.35 bits per heavy atom. The van der Waals surface area contributed by atoms with Gasteiger partial charge in [-0.3, -0.25) is 4.79 Å². The fourth-order valence-electron chi connectivity index (χ4n) is 1.21. The van der Waals surface area contributed by atoms with Gasteiger partial charge in [-0.15, -0.1) is 0 Å². The van der Waals surface area contributed by atoms with Gasteiger partial charge in [0.05, 0.1) is 6.33 Å². The first-order valence-corrected chi connectivity index (χ1v) is 4.83. The van der Waals surface area contributed by atoms with Gasteiger partial charge in [-0.2, -0.15) is 0 Å². The molecule has 0 radical (unpaired) electrons. The average Bonchev–Trinajstić information content (AvgIpc) is 2.69. The number of nitrogens with zero attached hydrogens (tertiary/aromatic N) is 1. The van der Waals surface area contributed by atoms with E-state index in [1.165, 1.54) is 12.5 Å². The SMILES string of the molecule is NCCC(=O)N[C@@H](Cc1cnc[nH]1)C(=O)O.[H-].[Na+]. The topological polar surface area (TPSA) is 121 Å². The smallest absolute Gasteiger partial charge is 1.00 e. The van der Waals surface area contributed by atoms with Crippen LogP contribution in [0.2, 0.25) is 0 Å². The minimum absolute atomic E-state index is 0. The van der Waals surface area contributed by atoms with Gasteiger partial charge in [-0.05, 0) is 0 Å². The molecule has 0 aromatic carbocycles. The molecule has 0 bridgehead atoms. The predicted molar refractivity (Wildman–Crippen MR) is 56.6 cm³/mol. The fourth-order valence-corrected chi connectivity index (χ4v) is 1.21. The molecular weight excluding hydrogens is 235 g/mol. The number of aromatic nitrogens is 2. The van der Waals surface area contributed by atoms with Crippen LogP contribution in [-0.2, 0) is 16.0 Å². The number of aliphatic carboxylic acids is 1. The number of carboxylic acid groups (broad SMARTS) is 1. The Bertz CT molecular complexity index is 361. The summed E-state index contributed by atoms with van der Waals surface area (Å²) in [4.78, 5) is 28.6. The van der Waals surface area contributed by atoms with Crippen molar-refractivity contribution in [3.63, 3.8) is 0 Å². The summed E-state index contributed by atoms with van der Waals surface area (Å²) in [5.74, 6) is -1.45. The predicted octanol–water partition coefficient (Wildman–Crippen LogP) is -4.01.